The topological polar surface area (TPSA) is 29.4 Å². The first kappa shape index (κ1) is 9.03. The van der Waals surface area contributed by atoms with Gasteiger partial charge < -0.3 is 0 Å². The molecule has 2 rings (SSSR count). The summed E-state index contributed by atoms with van der Waals surface area (Å²) < 4.78 is 25.5. The van der Waals surface area contributed by atoms with Crippen molar-refractivity contribution in [2.75, 3.05) is 0 Å². The van der Waals surface area contributed by atoms with Crippen molar-refractivity contribution in [2.45, 2.75) is 18.4 Å². The monoisotopic (exact) mass is 195 g/mol. The zero-order valence-electron chi connectivity index (χ0n) is 7.26. The van der Waals surface area contributed by atoms with E-state index in [-0.39, 0.29) is 0 Å². The van der Waals surface area contributed by atoms with E-state index in [1.807, 2.05) is 0 Å². The lowest BCUT2D eigenvalue weighted by Crippen LogP contribution is -2.03. The highest BCUT2D eigenvalue weighted by molar-refractivity contribution is 5.41. The number of rotatable bonds is 2. The maximum absolute atomic E-state index is 12.9. The molecule has 0 atom stereocenters. The van der Waals surface area contributed by atoms with Gasteiger partial charge in [0.15, 0.2) is 11.6 Å². The standard InChI is InChI=1S/C10H7F2NO/c11-8-2-1-7(5-9(8)12)10(3-4-10)13-6-14/h1-2,5H,3-4H2. The Hall–Kier alpha value is -1.54. The van der Waals surface area contributed by atoms with Crippen LogP contribution in [0.4, 0.5) is 8.78 Å². The Morgan fingerprint density at radius 1 is 1.29 bits per heavy atom. The number of halogens is 2. The smallest absolute Gasteiger partial charge is 0.211 e. The van der Waals surface area contributed by atoms with Crippen LogP contribution in [-0.4, -0.2) is 6.08 Å². The van der Waals surface area contributed by atoms with Gasteiger partial charge in [0.1, 0.15) is 0 Å². The van der Waals surface area contributed by atoms with Crippen molar-refractivity contribution in [3.05, 3.63) is 35.4 Å². The van der Waals surface area contributed by atoms with Crippen LogP contribution < -0.4 is 0 Å². The fraction of sp³-hybridized carbons (Fsp3) is 0.300. The molecule has 0 saturated heterocycles. The van der Waals surface area contributed by atoms with Gasteiger partial charge in [-0.05, 0) is 30.5 Å². The van der Waals surface area contributed by atoms with E-state index in [4.69, 9.17) is 0 Å². The highest BCUT2D eigenvalue weighted by Crippen LogP contribution is 2.49. The van der Waals surface area contributed by atoms with Crippen molar-refractivity contribution in [1.29, 1.82) is 0 Å². The molecule has 0 aromatic heterocycles. The molecule has 0 N–H and O–H groups in total. The Kier molecular flexibility index (Phi) is 1.93. The molecule has 0 amide bonds. The molecule has 4 heteroatoms. The first-order valence-electron chi connectivity index (χ1n) is 4.22. The minimum Gasteiger partial charge on any atom is -0.211 e. The lowest BCUT2D eigenvalue weighted by atomic mass is 10.1. The molecule has 72 valence electrons. The van der Waals surface area contributed by atoms with E-state index in [1.165, 1.54) is 12.1 Å². The van der Waals surface area contributed by atoms with Crippen LogP contribution >= 0.6 is 0 Å². The molecule has 0 heterocycles. The van der Waals surface area contributed by atoms with Crippen LogP contribution in [-0.2, 0) is 10.3 Å². The van der Waals surface area contributed by atoms with Crippen molar-refractivity contribution in [2.24, 2.45) is 4.99 Å². The zero-order valence-corrected chi connectivity index (χ0v) is 7.26. The fourth-order valence-electron chi connectivity index (χ4n) is 1.46. The SMILES string of the molecule is O=C=NC1(c2ccc(F)c(F)c2)CC1. The second-order valence-corrected chi connectivity index (χ2v) is 3.36. The lowest BCUT2D eigenvalue weighted by Gasteiger charge is -2.07. The van der Waals surface area contributed by atoms with E-state index in [9.17, 15) is 13.6 Å². The molecule has 2 nitrogen and oxygen atoms in total. The minimum atomic E-state index is -0.908. The van der Waals surface area contributed by atoms with Crippen LogP contribution in [0.3, 0.4) is 0 Å². The second-order valence-electron chi connectivity index (χ2n) is 3.36. The summed E-state index contributed by atoms with van der Waals surface area (Å²) in [5.74, 6) is -1.80. The van der Waals surface area contributed by atoms with E-state index in [0.29, 0.717) is 18.4 Å². The predicted molar refractivity (Wildman–Crippen MR) is 45.4 cm³/mol. The Balaban J connectivity index is 2.42. The summed E-state index contributed by atoms with van der Waals surface area (Å²) in [5, 5.41) is 0. The molecule has 1 fully saturated rings. The normalized spacial score (nSPS) is 17.3. The van der Waals surface area contributed by atoms with Gasteiger partial charge in [0.2, 0.25) is 6.08 Å². The van der Waals surface area contributed by atoms with E-state index in [2.05, 4.69) is 4.99 Å². The van der Waals surface area contributed by atoms with Gasteiger partial charge in [-0.15, -0.1) is 0 Å². The highest BCUT2D eigenvalue weighted by Gasteiger charge is 2.45. The Morgan fingerprint density at radius 2 is 2.00 bits per heavy atom. The Bertz CT molecular complexity index is 420. The number of benzene rings is 1. The number of isocyanates is 1. The molecule has 1 aliphatic rings. The summed E-state index contributed by atoms with van der Waals surface area (Å²) in [6, 6.07) is 3.58. The molecule has 0 spiro atoms. The maximum Gasteiger partial charge on any atom is 0.235 e. The molecule has 0 bridgehead atoms. The van der Waals surface area contributed by atoms with Crippen LogP contribution in [0.1, 0.15) is 18.4 Å². The van der Waals surface area contributed by atoms with Crippen LogP contribution in [0.2, 0.25) is 0 Å². The van der Waals surface area contributed by atoms with E-state index >= 15 is 0 Å². The van der Waals surface area contributed by atoms with Gasteiger partial charge in [-0.1, -0.05) is 6.07 Å². The van der Waals surface area contributed by atoms with Crippen LogP contribution in [0.5, 0.6) is 0 Å². The zero-order chi connectivity index (χ0) is 10.2. The summed E-state index contributed by atoms with van der Waals surface area (Å²) >= 11 is 0. The molecule has 1 aromatic rings. The summed E-state index contributed by atoms with van der Waals surface area (Å²) in [4.78, 5) is 13.7. The molecule has 1 aliphatic carbocycles. The number of aliphatic imine (C=N–C) groups is 1. The van der Waals surface area contributed by atoms with Gasteiger partial charge in [-0.25, -0.2) is 13.6 Å². The van der Waals surface area contributed by atoms with Crippen molar-refractivity contribution in [3.63, 3.8) is 0 Å². The molecule has 1 aromatic carbocycles. The molecule has 0 radical (unpaired) electrons. The Labute approximate surface area is 79.3 Å². The number of nitrogens with zero attached hydrogens (tertiary/aromatic N) is 1. The third kappa shape index (κ3) is 1.34. The van der Waals surface area contributed by atoms with Crippen molar-refractivity contribution in [3.8, 4) is 0 Å². The molecule has 0 unspecified atom stereocenters. The van der Waals surface area contributed by atoms with E-state index in [1.54, 1.807) is 0 Å². The second kappa shape index (κ2) is 3.00. The van der Waals surface area contributed by atoms with Crippen LogP contribution in [0, 0.1) is 11.6 Å². The van der Waals surface area contributed by atoms with Gasteiger partial charge in [0.25, 0.3) is 0 Å². The summed E-state index contributed by atoms with van der Waals surface area (Å²) in [5.41, 5.74) is -0.0872. The van der Waals surface area contributed by atoms with Crippen LogP contribution in [0.15, 0.2) is 23.2 Å². The average Bonchev–Trinajstić information content (AvgIpc) is 2.91. The molecule has 14 heavy (non-hydrogen) atoms. The molecular formula is C10H7F2NO. The van der Waals surface area contributed by atoms with Crippen molar-refractivity contribution in [1.82, 2.24) is 0 Å². The third-order valence-electron chi connectivity index (χ3n) is 2.44. The highest BCUT2D eigenvalue weighted by atomic mass is 19.2. The molecule has 0 aliphatic heterocycles. The van der Waals surface area contributed by atoms with Gasteiger partial charge in [0.05, 0.1) is 5.54 Å². The number of hydrogen-bond acceptors (Lipinski definition) is 2. The van der Waals surface area contributed by atoms with Gasteiger partial charge in [-0.2, -0.15) is 4.99 Å². The number of hydrogen-bond donors (Lipinski definition) is 0. The fourth-order valence-corrected chi connectivity index (χ4v) is 1.46. The van der Waals surface area contributed by atoms with E-state index < -0.39 is 17.2 Å². The molecular weight excluding hydrogens is 188 g/mol. The quantitative estimate of drug-likeness (QED) is 0.525. The average molecular weight is 195 g/mol. The summed E-state index contributed by atoms with van der Waals surface area (Å²) in [6.45, 7) is 0. The van der Waals surface area contributed by atoms with Crippen molar-refractivity contribution >= 4 is 6.08 Å². The predicted octanol–water partition coefficient (Wildman–Crippen LogP) is 2.29. The molecule has 1 saturated carbocycles. The Morgan fingerprint density at radius 3 is 2.50 bits per heavy atom. The maximum atomic E-state index is 12.9. The van der Waals surface area contributed by atoms with Gasteiger partial charge in [-0.3, -0.25) is 0 Å². The first-order chi connectivity index (χ1) is 6.68. The number of carbonyl (C=O) groups excluding carboxylic acids is 1. The van der Waals surface area contributed by atoms with E-state index in [0.717, 1.165) is 12.1 Å². The first-order valence-corrected chi connectivity index (χ1v) is 4.22. The largest absolute Gasteiger partial charge is 0.235 e. The van der Waals surface area contributed by atoms with Crippen molar-refractivity contribution < 1.29 is 13.6 Å². The minimum absolute atomic E-state index is 0.541. The van der Waals surface area contributed by atoms with Crippen LogP contribution in [0.25, 0.3) is 0 Å². The lowest BCUT2D eigenvalue weighted by molar-refractivity contribution is 0.504. The summed E-state index contributed by atoms with van der Waals surface area (Å²) in [7, 11) is 0. The van der Waals surface area contributed by atoms with Gasteiger partial charge in [0, 0.05) is 0 Å². The summed E-state index contributed by atoms with van der Waals surface area (Å²) in [6.07, 6.45) is 2.84. The third-order valence-corrected chi connectivity index (χ3v) is 2.44. The van der Waals surface area contributed by atoms with Gasteiger partial charge >= 0.3 is 0 Å².